The van der Waals surface area contributed by atoms with Gasteiger partial charge < -0.3 is 10.5 Å². The van der Waals surface area contributed by atoms with Gasteiger partial charge in [-0.05, 0) is 17.7 Å². The fraction of sp³-hybridized carbons (Fsp3) is 0.400. The summed E-state index contributed by atoms with van der Waals surface area (Å²) in [5, 5.41) is 0. The molecule has 2 atom stereocenters. The van der Waals surface area contributed by atoms with Gasteiger partial charge in [-0.15, -0.1) is 0 Å². The molecule has 2 rings (SSSR count). The zero-order valence-corrected chi connectivity index (χ0v) is 7.46. The summed E-state index contributed by atoms with van der Waals surface area (Å²) in [4.78, 5) is 0. The third kappa shape index (κ3) is 1.29. The van der Waals surface area contributed by atoms with Gasteiger partial charge in [-0.1, -0.05) is 12.1 Å². The Kier molecular flexibility index (Phi) is 1.77. The molecular formula is C10H12FNO. The predicted molar refractivity (Wildman–Crippen MR) is 48.4 cm³/mol. The first-order valence-corrected chi connectivity index (χ1v) is 4.24. The summed E-state index contributed by atoms with van der Waals surface area (Å²) in [6, 6.07) is 7.24. The van der Waals surface area contributed by atoms with Crippen molar-refractivity contribution in [3.05, 3.63) is 29.8 Å². The third-order valence-corrected chi connectivity index (χ3v) is 2.54. The molecular weight excluding hydrogens is 169 g/mol. The molecule has 1 aromatic carbocycles. The van der Waals surface area contributed by atoms with Crippen LogP contribution in [-0.2, 0) is 5.54 Å². The second kappa shape index (κ2) is 2.70. The zero-order chi connectivity index (χ0) is 9.47. The highest BCUT2D eigenvalue weighted by Crippen LogP contribution is 2.45. The van der Waals surface area contributed by atoms with Gasteiger partial charge in [-0.25, -0.2) is 4.39 Å². The number of benzene rings is 1. The lowest BCUT2D eigenvalue weighted by molar-refractivity contribution is 0.412. The van der Waals surface area contributed by atoms with E-state index in [9.17, 15) is 4.39 Å². The van der Waals surface area contributed by atoms with Crippen LogP contribution < -0.4 is 10.5 Å². The van der Waals surface area contributed by atoms with E-state index in [2.05, 4.69) is 0 Å². The van der Waals surface area contributed by atoms with Gasteiger partial charge in [0, 0.05) is 6.42 Å². The Morgan fingerprint density at radius 1 is 1.46 bits per heavy atom. The highest BCUT2D eigenvalue weighted by molar-refractivity contribution is 5.37. The first kappa shape index (κ1) is 8.51. The number of hydrogen-bond donors (Lipinski definition) is 1. The van der Waals surface area contributed by atoms with Crippen molar-refractivity contribution >= 4 is 0 Å². The van der Waals surface area contributed by atoms with Crippen LogP contribution in [0.5, 0.6) is 5.75 Å². The summed E-state index contributed by atoms with van der Waals surface area (Å²) in [5.41, 5.74) is 5.91. The SMILES string of the molecule is COc1ccc(C2(N)CC2F)cc1. The smallest absolute Gasteiger partial charge is 0.124 e. The summed E-state index contributed by atoms with van der Waals surface area (Å²) in [7, 11) is 1.60. The number of alkyl halides is 1. The van der Waals surface area contributed by atoms with E-state index in [4.69, 9.17) is 10.5 Å². The summed E-state index contributed by atoms with van der Waals surface area (Å²) >= 11 is 0. The van der Waals surface area contributed by atoms with Gasteiger partial charge in [-0.3, -0.25) is 0 Å². The van der Waals surface area contributed by atoms with E-state index in [0.29, 0.717) is 6.42 Å². The van der Waals surface area contributed by atoms with Gasteiger partial charge in [0.25, 0.3) is 0 Å². The molecule has 13 heavy (non-hydrogen) atoms. The van der Waals surface area contributed by atoms with Crippen LogP contribution in [0.1, 0.15) is 12.0 Å². The Morgan fingerprint density at radius 2 is 2.00 bits per heavy atom. The quantitative estimate of drug-likeness (QED) is 0.752. The lowest BCUT2D eigenvalue weighted by atomic mass is 10.1. The van der Waals surface area contributed by atoms with Crippen LogP contribution in [0.2, 0.25) is 0 Å². The molecule has 0 heterocycles. The molecule has 0 spiro atoms. The average Bonchev–Trinajstić information content (AvgIpc) is 2.76. The molecule has 70 valence electrons. The van der Waals surface area contributed by atoms with Crippen LogP contribution in [0.15, 0.2) is 24.3 Å². The first-order valence-electron chi connectivity index (χ1n) is 4.24. The van der Waals surface area contributed by atoms with Gasteiger partial charge >= 0.3 is 0 Å². The van der Waals surface area contributed by atoms with Crippen LogP contribution in [0.4, 0.5) is 4.39 Å². The van der Waals surface area contributed by atoms with E-state index in [-0.39, 0.29) is 0 Å². The lowest BCUT2D eigenvalue weighted by Crippen LogP contribution is -2.22. The molecule has 2 N–H and O–H groups in total. The molecule has 0 amide bonds. The molecule has 1 aliphatic carbocycles. The van der Waals surface area contributed by atoms with Gasteiger partial charge in [0.2, 0.25) is 0 Å². The highest BCUT2D eigenvalue weighted by Gasteiger charge is 2.53. The Morgan fingerprint density at radius 3 is 2.38 bits per heavy atom. The molecule has 1 fully saturated rings. The number of halogens is 1. The van der Waals surface area contributed by atoms with E-state index in [0.717, 1.165) is 11.3 Å². The number of nitrogens with two attached hydrogens (primary N) is 1. The Bertz CT molecular complexity index is 311. The second-order valence-corrected chi connectivity index (χ2v) is 3.44. The van der Waals surface area contributed by atoms with Crippen LogP contribution >= 0.6 is 0 Å². The van der Waals surface area contributed by atoms with Crippen molar-refractivity contribution in [2.45, 2.75) is 18.1 Å². The lowest BCUT2D eigenvalue weighted by Gasteiger charge is -2.09. The number of ether oxygens (including phenoxy) is 1. The normalized spacial score (nSPS) is 31.5. The summed E-state index contributed by atoms with van der Waals surface area (Å²) in [6.45, 7) is 0. The molecule has 0 aromatic heterocycles. The van der Waals surface area contributed by atoms with Gasteiger partial charge in [0.1, 0.15) is 11.9 Å². The third-order valence-electron chi connectivity index (χ3n) is 2.54. The molecule has 2 nitrogen and oxygen atoms in total. The second-order valence-electron chi connectivity index (χ2n) is 3.44. The van der Waals surface area contributed by atoms with Crippen LogP contribution in [0, 0.1) is 0 Å². The van der Waals surface area contributed by atoms with E-state index in [1.54, 1.807) is 19.2 Å². The highest BCUT2D eigenvalue weighted by atomic mass is 19.1. The number of rotatable bonds is 2. The Balaban J connectivity index is 2.24. The van der Waals surface area contributed by atoms with Crippen LogP contribution in [-0.4, -0.2) is 13.3 Å². The molecule has 0 aliphatic heterocycles. The Labute approximate surface area is 76.5 Å². The molecule has 0 bridgehead atoms. The largest absolute Gasteiger partial charge is 0.497 e. The molecule has 0 saturated heterocycles. The van der Waals surface area contributed by atoms with Crippen molar-refractivity contribution in [3.8, 4) is 5.75 Å². The van der Waals surface area contributed by atoms with Crippen LogP contribution in [0.3, 0.4) is 0 Å². The number of methoxy groups -OCH3 is 1. The zero-order valence-electron chi connectivity index (χ0n) is 7.46. The minimum absolute atomic E-state index is 0.430. The van der Waals surface area contributed by atoms with Crippen molar-refractivity contribution in [1.82, 2.24) is 0 Å². The van der Waals surface area contributed by atoms with E-state index >= 15 is 0 Å². The average molecular weight is 181 g/mol. The maximum Gasteiger partial charge on any atom is 0.124 e. The molecule has 1 saturated carbocycles. The standard InChI is InChI=1S/C10H12FNO/c1-13-8-4-2-7(3-5-8)10(12)6-9(10)11/h2-5,9H,6,12H2,1H3. The maximum atomic E-state index is 12.9. The van der Waals surface area contributed by atoms with Crippen molar-refractivity contribution in [3.63, 3.8) is 0 Å². The van der Waals surface area contributed by atoms with Gasteiger partial charge in [0.05, 0.1) is 12.6 Å². The predicted octanol–water partition coefficient (Wildman–Crippen LogP) is 1.59. The van der Waals surface area contributed by atoms with Crippen molar-refractivity contribution in [2.24, 2.45) is 5.73 Å². The molecule has 3 heteroatoms. The van der Waals surface area contributed by atoms with Gasteiger partial charge in [-0.2, -0.15) is 0 Å². The maximum absolute atomic E-state index is 12.9. The fourth-order valence-corrected chi connectivity index (χ4v) is 1.44. The molecule has 1 aliphatic rings. The number of hydrogen-bond acceptors (Lipinski definition) is 2. The van der Waals surface area contributed by atoms with Crippen LogP contribution in [0.25, 0.3) is 0 Å². The van der Waals surface area contributed by atoms with Crippen molar-refractivity contribution in [2.75, 3.05) is 7.11 Å². The van der Waals surface area contributed by atoms with Gasteiger partial charge in [0.15, 0.2) is 0 Å². The molecule has 1 aromatic rings. The molecule has 2 unspecified atom stereocenters. The minimum Gasteiger partial charge on any atom is -0.497 e. The topological polar surface area (TPSA) is 35.2 Å². The van der Waals surface area contributed by atoms with E-state index in [1.165, 1.54) is 0 Å². The Hall–Kier alpha value is -1.09. The van der Waals surface area contributed by atoms with E-state index < -0.39 is 11.7 Å². The van der Waals surface area contributed by atoms with Crippen molar-refractivity contribution in [1.29, 1.82) is 0 Å². The summed E-state index contributed by atoms with van der Waals surface area (Å²) < 4.78 is 17.9. The fourth-order valence-electron chi connectivity index (χ4n) is 1.44. The summed E-state index contributed by atoms with van der Waals surface area (Å²) in [5.74, 6) is 0.767. The molecule has 0 radical (unpaired) electrons. The van der Waals surface area contributed by atoms with E-state index in [1.807, 2.05) is 12.1 Å². The minimum atomic E-state index is -0.888. The monoisotopic (exact) mass is 181 g/mol. The van der Waals surface area contributed by atoms with Crippen molar-refractivity contribution < 1.29 is 9.13 Å². The first-order chi connectivity index (χ1) is 6.16. The summed E-state index contributed by atoms with van der Waals surface area (Å²) in [6.07, 6.45) is -0.458.